The Morgan fingerprint density at radius 1 is 1.05 bits per heavy atom. The van der Waals surface area contributed by atoms with Crippen LogP contribution in [0.1, 0.15) is 43.7 Å². The van der Waals surface area contributed by atoms with Crippen LogP contribution in [0.4, 0.5) is 8.78 Å². The average Bonchev–Trinajstić information content (AvgIpc) is 3.35. The van der Waals surface area contributed by atoms with E-state index in [9.17, 15) is 4.79 Å². The molecule has 1 saturated heterocycles. The molecule has 8 heteroatoms. The number of carbonyl (C=O) groups excluding carboxylic acids is 1. The number of nitrogens with one attached hydrogen (secondary N) is 2. The fraction of sp³-hybridized carbons (Fsp3) is 0.233. The van der Waals surface area contributed by atoms with Crippen LogP contribution in [0.15, 0.2) is 73.2 Å². The fourth-order valence-electron chi connectivity index (χ4n) is 5.12. The molecule has 6 rings (SSSR count). The molecule has 1 aliphatic rings. The van der Waals surface area contributed by atoms with Crippen molar-refractivity contribution in [2.45, 2.75) is 31.7 Å². The average molecular weight is 516 g/mol. The first-order chi connectivity index (χ1) is 18.5. The highest BCUT2D eigenvalue weighted by Crippen LogP contribution is 2.26. The van der Waals surface area contributed by atoms with Crippen LogP contribution in [0, 0.1) is 11.6 Å². The number of nitrogens with zero attached hydrogens (tertiary/aromatic N) is 3. The van der Waals surface area contributed by atoms with E-state index >= 15 is 8.78 Å². The Balaban J connectivity index is 0.00000185. The van der Waals surface area contributed by atoms with Gasteiger partial charge in [0.25, 0.3) is 5.91 Å². The number of amides is 1. The van der Waals surface area contributed by atoms with E-state index in [1.807, 2.05) is 24.3 Å². The van der Waals surface area contributed by atoms with Crippen molar-refractivity contribution in [2.24, 2.45) is 0 Å². The van der Waals surface area contributed by atoms with Gasteiger partial charge in [-0.3, -0.25) is 9.78 Å². The third kappa shape index (κ3) is 4.87. The molecular formula is C30H31F2N5O. The quantitative estimate of drug-likeness (QED) is 0.301. The molecule has 3 aromatic heterocycles. The monoisotopic (exact) mass is 515 g/mol. The maximum atomic E-state index is 15.0. The van der Waals surface area contributed by atoms with Crippen molar-refractivity contribution in [1.82, 2.24) is 25.0 Å². The Kier molecular flexibility index (Phi) is 6.55. The molecule has 1 fully saturated rings. The largest absolute Gasteiger partial charge is 0.350 e. The van der Waals surface area contributed by atoms with E-state index in [1.165, 1.54) is 18.2 Å². The Bertz CT molecular complexity index is 1650. The van der Waals surface area contributed by atoms with Crippen LogP contribution >= 0.6 is 0 Å². The van der Waals surface area contributed by atoms with Gasteiger partial charge in [0, 0.05) is 57.1 Å². The minimum atomic E-state index is -0.646. The Morgan fingerprint density at radius 2 is 1.95 bits per heavy atom. The highest BCUT2D eigenvalue weighted by molar-refractivity contribution is 5.95. The SMILES string of the molecule is O=C(NCC1CCCCN1)c1ccc(-c2cc(F)c3ncc(Cc4ccc5ncccc5c4)n3c2)cc1F.[HH].[HH]. The smallest absolute Gasteiger partial charge is 0.254 e. The summed E-state index contributed by atoms with van der Waals surface area (Å²) in [6, 6.07) is 15.8. The molecule has 0 saturated carbocycles. The second-order valence-corrected chi connectivity index (χ2v) is 9.78. The molecule has 0 spiro atoms. The summed E-state index contributed by atoms with van der Waals surface area (Å²) in [4.78, 5) is 21.2. The van der Waals surface area contributed by atoms with Crippen LogP contribution in [0.5, 0.6) is 0 Å². The number of rotatable bonds is 6. The summed E-state index contributed by atoms with van der Waals surface area (Å²) in [6.07, 6.45) is 8.96. The molecule has 6 nitrogen and oxygen atoms in total. The zero-order valence-corrected chi connectivity index (χ0v) is 20.8. The number of halogens is 2. The highest BCUT2D eigenvalue weighted by Gasteiger charge is 2.18. The van der Waals surface area contributed by atoms with Crippen LogP contribution in [0.2, 0.25) is 0 Å². The summed E-state index contributed by atoms with van der Waals surface area (Å²) < 4.78 is 31.7. The number of hydrogen-bond donors (Lipinski definition) is 2. The summed E-state index contributed by atoms with van der Waals surface area (Å²) in [6.45, 7) is 1.39. The molecule has 1 amide bonds. The molecule has 1 unspecified atom stereocenters. The third-order valence-corrected chi connectivity index (χ3v) is 7.16. The number of benzene rings is 2. The van der Waals surface area contributed by atoms with Gasteiger partial charge >= 0.3 is 0 Å². The van der Waals surface area contributed by atoms with E-state index < -0.39 is 17.5 Å². The van der Waals surface area contributed by atoms with E-state index in [2.05, 4.69) is 26.7 Å². The van der Waals surface area contributed by atoms with Gasteiger partial charge in [-0.25, -0.2) is 13.8 Å². The standard InChI is InChI=1S/C30H27F2N5O.2H2/c31-26-14-20(7-8-25(26)30(38)36-16-23-5-1-2-10-33-23)22-15-27(32)29-35-17-24(37(29)18-22)13-19-6-9-28-21(12-19)4-3-11-34-28;;/h3-4,6-9,11-12,14-15,17-18,23,33H,1-2,5,10,13,16H2,(H,36,38);2*1H. The zero-order chi connectivity index (χ0) is 26.1. The van der Waals surface area contributed by atoms with Gasteiger partial charge in [0.15, 0.2) is 11.5 Å². The van der Waals surface area contributed by atoms with Crippen molar-refractivity contribution in [1.29, 1.82) is 0 Å². The predicted octanol–water partition coefficient (Wildman–Crippen LogP) is 5.78. The lowest BCUT2D eigenvalue weighted by atomic mass is 10.0. The van der Waals surface area contributed by atoms with Gasteiger partial charge in [-0.2, -0.15) is 0 Å². The van der Waals surface area contributed by atoms with Crippen molar-refractivity contribution < 1.29 is 16.4 Å². The van der Waals surface area contributed by atoms with Crippen LogP contribution < -0.4 is 10.6 Å². The molecule has 0 aliphatic carbocycles. The minimum Gasteiger partial charge on any atom is -0.350 e. The molecule has 5 aromatic rings. The summed E-state index contributed by atoms with van der Waals surface area (Å²) in [5.74, 6) is -1.60. The van der Waals surface area contributed by atoms with Crippen LogP contribution in [0.3, 0.4) is 0 Å². The van der Waals surface area contributed by atoms with Gasteiger partial charge in [0.2, 0.25) is 0 Å². The summed E-state index contributed by atoms with van der Waals surface area (Å²) in [5, 5.41) is 7.21. The van der Waals surface area contributed by atoms with Crippen molar-refractivity contribution in [3.05, 3.63) is 102 Å². The van der Waals surface area contributed by atoms with Crippen LogP contribution in [-0.2, 0) is 6.42 Å². The van der Waals surface area contributed by atoms with E-state index in [4.69, 9.17) is 0 Å². The van der Waals surface area contributed by atoms with Crippen molar-refractivity contribution >= 4 is 22.5 Å². The van der Waals surface area contributed by atoms with E-state index in [-0.39, 0.29) is 20.1 Å². The predicted molar refractivity (Wildman–Crippen MR) is 147 cm³/mol. The lowest BCUT2D eigenvalue weighted by Crippen LogP contribution is -2.43. The molecular weight excluding hydrogens is 484 g/mol. The summed E-state index contributed by atoms with van der Waals surface area (Å²) in [5.41, 5.74) is 3.91. The highest BCUT2D eigenvalue weighted by atomic mass is 19.1. The number of hydrogen-bond acceptors (Lipinski definition) is 4. The first kappa shape index (κ1) is 24.2. The molecule has 0 bridgehead atoms. The number of pyridine rings is 2. The normalized spacial score (nSPS) is 15.7. The number of carbonyl (C=O) groups is 1. The van der Waals surface area contributed by atoms with Gasteiger partial charge in [0.05, 0.1) is 11.1 Å². The third-order valence-electron chi connectivity index (χ3n) is 7.16. The first-order valence-electron chi connectivity index (χ1n) is 12.9. The van der Waals surface area contributed by atoms with Gasteiger partial charge in [0.1, 0.15) is 5.82 Å². The maximum absolute atomic E-state index is 15.0. The van der Waals surface area contributed by atoms with E-state index in [0.29, 0.717) is 24.1 Å². The summed E-state index contributed by atoms with van der Waals surface area (Å²) >= 11 is 0. The minimum absolute atomic E-state index is 0. The van der Waals surface area contributed by atoms with Crippen LogP contribution in [0.25, 0.3) is 27.7 Å². The van der Waals surface area contributed by atoms with Gasteiger partial charge < -0.3 is 15.0 Å². The van der Waals surface area contributed by atoms with Crippen molar-refractivity contribution in [3.8, 4) is 11.1 Å². The Labute approximate surface area is 221 Å². The first-order valence-corrected chi connectivity index (χ1v) is 12.9. The molecule has 2 aromatic carbocycles. The number of fused-ring (bicyclic) bond motifs is 2. The maximum Gasteiger partial charge on any atom is 0.254 e. The van der Waals surface area contributed by atoms with E-state index in [0.717, 1.165) is 48.0 Å². The van der Waals surface area contributed by atoms with Gasteiger partial charge in [-0.15, -0.1) is 0 Å². The number of imidazole rings is 1. The van der Waals surface area contributed by atoms with Crippen molar-refractivity contribution in [2.75, 3.05) is 13.1 Å². The molecule has 0 radical (unpaired) electrons. The number of piperidine rings is 1. The summed E-state index contributed by atoms with van der Waals surface area (Å²) in [7, 11) is 0. The zero-order valence-electron chi connectivity index (χ0n) is 20.8. The second-order valence-electron chi connectivity index (χ2n) is 9.78. The molecule has 1 atom stereocenters. The van der Waals surface area contributed by atoms with Gasteiger partial charge in [-0.1, -0.05) is 24.6 Å². The lowest BCUT2D eigenvalue weighted by molar-refractivity contribution is 0.0943. The topological polar surface area (TPSA) is 71.3 Å². The molecule has 196 valence electrons. The molecule has 38 heavy (non-hydrogen) atoms. The van der Waals surface area contributed by atoms with Crippen LogP contribution in [-0.4, -0.2) is 39.4 Å². The Morgan fingerprint density at radius 3 is 2.79 bits per heavy atom. The Hall–Kier alpha value is -4.17. The fourth-order valence-corrected chi connectivity index (χ4v) is 5.12. The lowest BCUT2D eigenvalue weighted by Gasteiger charge is -2.23. The van der Waals surface area contributed by atoms with Gasteiger partial charge in [-0.05, 0) is 66.9 Å². The van der Waals surface area contributed by atoms with E-state index in [1.54, 1.807) is 29.1 Å². The molecule has 2 N–H and O–H groups in total. The van der Waals surface area contributed by atoms with Crippen molar-refractivity contribution in [3.63, 3.8) is 0 Å². The number of aromatic nitrogens is 3. The molecule has 1 aliphatic heterocycles. The second kappa shape index (κ2) is 10.3. The molecule has 4 heterocycles.